The number of aromatic nitrogens is 6. The molecule has 8 heteroatoms. The Kier molecular flexibility index (Phi) is 8.14. The molecule has 4 heterocycles. The molecular weight excluding hydrogens is 400 g/mol. The van der Waals surface area contributed by atoms with E-state index in [1.165, 1.54) is 38.5 Å². The number of nitrogens with two attached hydrogens (primary N) is 1. The summed E-state index contributed by atoms with van der Waals surface area (Å²) in [6.07, 6.45) is 14.2. The summed E-state index contributed by atoms with van der Waals surface area (Å²) in [6.45, 7) is 3.95. The minimum atomic E-state index is 0.246. The van der Waals surface area contributed by atoms with E-state index in [0.29, 0.717) is 6.42 Å². The van der Waals surface area contributed by atoms with Gasteiger partial charge in [0, 0.05) is 25.2 Å². The molecule has 32 heavy (non-hydrogen) atoms. The van der Waals surface area contributed by atoms with Gasteiger partial charge in [0.05, 0.1) is 23.5 Å². The van der Waals surface area contributed by atoms with Gasteiger partial charge in [0.2, 0.25) is 5.95 Å². The number of unbranched alkanes of at least 4 members (excludes halogenated alkanes) is 1. The Labute approximate surface area is 189 Å². The molecule has 0 bridgehead atoms. The Morgan fingerprint density at radius 1 is 1.06 bits per heavy atom. The number of imidazole rings is 1. The summed E-state index contributed by atoms with van der Waals surface area (Å²) in [5, 5.41) is 12.0. The highest BCUT2D eigenvalue weighted by Gasteiger charge is 2.11. The quantitative estimate of drug-likeness (QED) is 0.465. The van der Waals surface area contributed by atoms with Crippen LogP contribution < -0.4 is 5.73 Å². The van der Waals surface area contributed by atoms with Gasteiger partial charge in [-0.3, -0.25) is 0 Å². The second-order valence-corrected chi connectivity index (χ2v) is 7.96. The Morgan fingerprint density at radius 3 is 2.34 bits per heavy atom. The molecule has 0 atom stereocenters. The number of fused-ring (bicyclic) bond motifs is 2. The maximum atomic E-state index is 7.82. The number of pyridine rings is 1. The molecule has 0 radical (unpaired) electrons. The van der Waals surface area contributed by atoms with E-state index >= 15 is 0 Å². The van der Waals surface area contributed by atoms with Crippen LogP contribution in [-0.2, 0) is 7.05 Å². The largest absolute Gasteiger partial charge is 0.367 e. The number of hydrogen-bond donors (Lipinski definition) is 1. The van der Waals surface area contributed by atoms with Crippen molar-refractivity contribution in [2.75, 3.05) is 5.73 Å². The van der Waals surface area contributed by atoms with E-state index in [1.54, 1.807) is 10.7 Å². The molecule has 168 valence electrons. The zero-order chi connectivity index (χ0) is 22.9. The molecule has 0 aliphatic heterocycles. The molecule has 0 spiro atoms. The molecule has 4 aromatic heterocycles. The number of anilines is 1. The van der Waals surface area contributed by atoms with E-state index in [-0.39, 0.29) is 5.95 Å². The topological polar surface area (TPSA) is 111 Å². The van der Waals surface area contributed by atoms with Gasteiger partial charge >= 0.3 is 0 Å². The minimum Gasteiger partial charge on any atom is -0.367 e. The van der Waals surface area contributed by atoms with Gasteiger partial charge in [-0.25, -0.2) is 19.5 Å². The average molecular weight is 433 g/mol. The number of nitrogens with zero attached hydrogens (tertiary/aromatic N) is 7. The van der Waals surface area contributed by atoms with E-state index in [9.17, 15) is 0 Å². The van der Waals surface area contributed by atoms with Gasteiger partial charge in [-0.1, -0.05) is 45.4 Å². The zero-order valence-electron chi connectivity index (χ0n) is 19.3. The summed E-state index contributed by atoms with van der Waals surface area (Å²) in [6, 6.07) is 7.91. The van der Waals surface area contributed by atoms with Crippen LogP contribution in [0.5, 0.6) is 0 Å². The van der Waals surface area contributed by atoms with Crippen molar-refractivity contribution in [3.63, 3.8) is 0 Å². The van der Waals surface area contributed by atoms with E-state index in [0.717, 1.165) is 40.2 Å². The molecular formula is C24H32N8. The Hall–Kier alpha value is -3.47. The second-order valence-electron chi connectivity index (χ2n) is 7.96. The Balaban J connectivity index is 0.000000218. The highest BCUT2D eigenvalue weighted by atomic mass is 15.3. The predicted octanol–water partition coefficient (Wildman–Crippen LogP) is 5.22. The van der Waals surface area contributed by atoms with E-state index in [1.807, 2.05) is 55.9 Å². The van der Waals surface area contributed by atoms with Crippen LogP contribution in [0.15, 0.2) is 30.6 Å². The van der Waals surface area contributed by atoms with Crippen molar-refractivity contribution < 1.29 is 0 Å². The van der Waals surface area contributed by atoms with Crippen LogP contribution in [0.2, 0.25) is 0 Å². The molecule has 0 saturated heterocycles. The predicted molar refractivity (Wildman–Crippen MR) is 128 cm³/mol. The summed E-state index contributed by atoms with van der Waals surface area (Å²) >= 11 is 0. The summed E-state index contributed by atoms with van der Waals surface area (Å²) in [5.74, 6) is 1.18. The molecule has 5 rings (SSSR count). The van der Waals surface area contributed by atoms with Gasteiger partial charge in [0.25, 0.3) is 0 Å². The normalized spacial score (nSPS) is 13.1. The lowest BCUT2D eigenvalue weighted by Crippen LogP contribution is -1.99. The van der Waals surface area contributed by atoms with Gasteiger partial charge in [-0.15, -0.1) is 5.10 Å². The highest BCUT2D eigenvalue weighted by molar-refractivity contribution is 5.82. The maximum Gasteiger partial charge on any atom is 0.238 e. The summed E-state index contributed by atoms with van der Waals surface area (Å²) in [4.78, 5) is 13.2. The lowest BCUT2D eigenvalue weighted by Gasteiger charge is -2.05. The first-order valence-electron chi connectivity index (χ1n) is 11.3. The van der Waals surface area contributed by atoms with Gasteiger partial charge in [-0.2, -0.15) is 5.26 Å². The zero-order valence-corrected chi connectivity index (χ0v) is 19.3. The highest BCUT2D eigenvalue weighted by Crippen LogP contribution is 2.25. The number of nitriles is 1. The smallest absolute Gasteiger partial charge is 0.238 e. The standard InChI is InChI=1S/C14H13N7.C6H12.C4H7N/c1-8-17-11-4-3-10(18-13(11)20(8)2)9-5-6-21-12(9)7-16-14(15)19-21;1-2-4-6-5-3-1;1-2-3-4-5/h3-7H,1-2H3,(H2,15,19);1-6H2;2-3H2,1H3. The van der Waals surface area contributed by atoms with Crippen LogP contribution in [0.3, 0.4) is 0 Å². The average Bonchev–Trinajstić information content (AvgIpc) is 3.36. The van der Waals surface area contributed by atoms with E-state index in [2.05, 4.69) is 15.1 Å². The monoisotopic (exact) mass is 432 g/mol. The molecule has 1 aliphatic carbocycles. The van der Waals surface area contributed by atoms with Crippen LogP contribution in [-0.4, -0.2) is 29.1 Å². The molecule has 1 saturated carbocycles. The molecule has 8 nitrogen and oxygen atoms in total. The Morgan fingerprint density at radius 2 is 1.75 bits per heavy atom. The molecule has 1 fully saturated rings. The molecule has 0 unspecified atom stereocenters. The Bertz CT molecular complexity index is 1180. The van der Waals surface area contributed by atoms with Crippen molar-refractivity contribution in [3.05, 3.63) is 36.4 Å². The van der Waals surface area contributed by atoms with E-state index in [4.69, 9.17) is 16.0 Å². The maximum absolute atomic E-state index is 7.82. The van der Waals surface area contributed by atoms with Crippen LogP contribution in [0, 0.1) is 18.3 Å². The van der Waals surface area contributed by atoms with Crippen molar-refractivity contribution in [2.24, 2.45) is 7.05 Å². The van der Waals surface area contributed by atoms with Gasteiger partial charge in [0.15, 0.2) is 5.65 Å². The number of rotatable bonds is 2. The number of hydrogen-bond acceptors (Lipinski definition) is 6. The molecule has 2 N–H and O–H groups in total. The number of nitrogen functional groups attached to an aromatic ring is 1. The van der Waals surface area contributed by atoms with Gasteiger partial charge < -0.3 is 10.3 Å². The van der Waals surface area contributed by atoms with Crippen molar-refractivity contribution >= 4 is 22.6 Å². The van der Waals surface area contributed by atoms with Crippen molar-refractivity contribution in [2.45, 2.75) is 65.2 Å². The lowest BCUT2D eigenvalue weighted by molar-refractivity contribution is 0.504. The second kappa shape index (κ2) is 11.2. The van der Waals surface area contributed by atoms with Crippen molar-refractivity contribution in [3.8, 4) is 17.3 Å². The van der Waals surface area contributed by atoms with E-state index < -0.39 is 0 Å². The molecule has 4 aromatic rings. The van der Waals surface area contributed by atoms with Gasteiger partial charge in [-0.05, 0) is 31.5 Å². The third kappa shape index (κ3) is 5.61. The summed E-state index contributed by atoms with van der Waals surface area (Å²) in [5.41, 5.74) is 10.1. The molecule has 0 aromatic carbocycles. The van der Waals surface area contributed by atoms with Crippen LogP contribution in [0.1, 0.15) is 64.1 Å². The molecule has 1 aliphatic rings. The first-order valence-corrected chi connectivity index (χ1v) is 11.3. The lowest BCUT2D eigenvalue weighted by atomic mass is 10.0. The van der Waals surface area contributed by atoms with Crippen molar-refractivity contribution in [1.82, 2.24) is 29.1 Å². The third-order valence-electron chi connectivity index (χ3n) is 5.51. The van der Waals surface area contributed by atoms with Crippen LogP contribution >= 0.6 is 0 Å². The van der Waals surface area contributed by atoms with Crippen LogP contribution in [0.4, 0.5) is 5.95 Å². The SMILES string of the molecule is C1CCCCC1.CCCC#N.Cc1nc2ccc(-c3ccn4nc(N)ncc34)nc2n1C. The first-order chi connectivity index (χ1) is 15.5. The summed E-state index contributed by atoms with van der Waals surface area (Å²) < 4.78 is 3.68. The fourth-order valence-corrected chi connectivity index (χ4v) is 3.63. The van der Waals surface area contributed by atoms with Crippen LogP contribution in [0.25, 0.3) is 27.9 Å². The first kappa shape index (κ1) is 23.2. The van der Waals surface area contributed by atoms with Gasteiger partial charge in [0.1, 0.15) is 11.3 Å². The van der Waals surface area contributed by atoms with Crippen molar-refractivity contribution in [1.29, 1.82) is 5.26 Å². The fourth-order valence-electron chi connectivity index (χ4n) is 3.63. The fraction of sp³-hybridized carbons (Fsp3) is 0.458. The third-order valence-corrected chi connectivity index (χ3v) is 5.51. The molecule has 0 amide bonds. The number of aryl methyl sites for hydroxylation is 2. The minimum absolute atomic E-state index is 0.246. The summed E-state index contributed by atoms with van der Waals surface area (Å²) in [7, 11) is 1.96.